The van der Waals surface area contributed by atoms with Crippen LogP contribution in [0.2, 0.25) is 0 Å². The van der Waals surface area contributed by atoms with E-state index in [1.807, 2.05) is 13.8 Å². The van der Waals surface area contributed by atoms with Gasteiger partial charge in [-0.3, -0.25) is 4.79 Å². The number of ether oxygens (including phenoxy) is 2. The molecule has 2 aliphatic heterocycles. The van der Waals surface area contributed by atoms with Crippen LogP contribution in [-0.2, 0) is 15.9 Å². The van der Waals surface area contributed by atoms with Crippen LogP contribution in [0.1, 0.15) is 49.3 Å². The predicted octanol–water partition coefficient (Wildman–Crippen LogP) is 3.24. The van der Waals surface area contributed by atoms with E-state index in [9.17, 15) is 19.1 Å². The lowest BCUT2D eigenvalue weighted by molar-refractivity contribution is 0.0367. The number of methoxy groups -OCH3 is 1. The number of halogens is 1. The second-order valence-electron chi connectivity index (χ2n) is 10.3. The van der Waals surface area contributed by atoms with Crippen LogP contribution in [0, 0.1) is 17.7 Å². The van der Waals surface area contributed by atoms with Gasteiger partial charge in [0.25, 0.3) is 5.91 Å². The van der Waals surface area contributed by atoms with Gasteiger partial charge >= 0.3 is 6.09 Å². The maximum Gasteiger partial charge on any atom is 0.407 e. The number of nitrogens with zero attached hydrogens (tertiary/aromatic N) is 5. The van der Waals surface area contributed by atoms with E-state index in [4.69, 9.17) is 9.47 Å². The van der Waals surface area contributed by atoms with E-state index in [1.165, 1.54) is 15.6 Å². The standard InChI is InChI=1S/C26H36FN5O5/c1-17(2)13-31(19-12-18(23-16-37-23)14-30(15-19)26(34)35)25(33)24-22(10-6-7-11-36-3)32(29-28-24)21-9-5-4-8-20(21)27/h4-5,8-9,17-19,23H,6-7,10-16H2,1-3H3,(H,34,35)/t18-,19+,23?/m1/s1. The van der Waals surface area contributed by atoms with Gasteiger partial charge in [-0.25, -0.2) is 13.9 Å². The Morgan fingerprint density at radius 3 is 2.68 bits per heavy atom. The van der Waals surface area contributed by atoms with Crippen LogP contribution in [-0.4, -0.2) is 94.0 Å². The molecular formula is C26H36FN5O5. The lowest BCUT2D eigenvalue weighted by Crippen LogP contribution is -2.55. The molecule has 2 amide bonds. The summed E-state index contributed by atoms with van der Waals surface area (Å²) in [6, 6.07) is 5.94. The number of amides is 2. The minimum Gasteiger partial charge on any atom is -0.465 e. The number of likely N-dealkylation sites (tertiary alicyclic amines) is 1. The summed E-state index contributed by atoms with van der Waals surface area (Å²) in [6.07, 6.45) is 1.61. The summed E-state index contributed by atoms with van der Waals surface area (Å²) in [5.74, 6) is -0.600. The first-order valence-corrected chi connectivity index (χ1v) is 12.9. The number of rotatable bonds is 11. The Balaban J connectivity index is 1.67. The molecule has 2 saturated heterocycles. The van der Waals surface area contributed by atoms with Crippen LogP contribution >= 0.6 is 0 Å². The van der Waals surface area contributed by atoms with Gasteiger partial charge in [-0.05, 0) is 43.7 Å². The predicted molar refractivity (Wildman–Crippen MR) is 133 cm³/mol. The molecule has 2 aliphatic rings. The number of hydrogen-bond acceptors (Lipinski definition) is 6. The second-order valence-corrected chi connectivity index (χ2v) is 10.3. The topological polar surface area (TPSA) is 113 Å². The number of epoxide rings is 1. The van der Waals surface area contributed by atoms with Crippen LogP contribution in [0.3, 0.4) is 0 Å². The van der Waals surface area contributed by atoms with E-state index < -0.39 is 11.9 Å². The van der Waals surface area contributed by atoms with Crippen molar-refractivity contribution in [2.24, 2.45) is 11.8 Å². The van der Waals surface area contributed by atoms with E-state index in [0.29, 0.717) is 51.3 Å². The summed E-state index contributed by atoms with van der Waals surface area (Å²) < 4.78 is 26.8. The summed E-state index contributed by atoms with van der Waals surface area (Å²) in [4.78, 5) is 29.1. The lowest BCUT2D eigenvalue weighted by Gasteiger charge is -2.42. The van der Waals surface area contributed by atoms with Crippen LogP contribution < -0.4 is 0 Å². The molecule has 4 rings (SSSR count). The Bertz CT molecular complexity index is 1090. The number of para-hydroxylation sites is 1. The maximum atomic E-state index is 14.7. The highest BCUT2D eigenvalue weighted by molar-refractivity contribution is 5.93. The largest absolute Gasteiger partial charge is 0.465 e. The average molecular weight is 518 g/mol. The summed E-state index contributed by atoms with van der Waals surface area (Å²) >= 11 is 0. The number of carbonyl (C=O) groups is 2. The fourth-order valence-electron chi connectivity index (χ4n) is 5.06. The molecule has 0 aliphatic carbocycles. The van der Waals surface area contributed by atoms with Crippen LogP contribution in [0.4, 0.5) is 9.18 Å². The molecule has 0 spiro atoms. The zero-order valence-electron chi connectivity index (χ0n) is 21.7. The fourth-order valence-corrected chi connectivity index (χ4v) is 5.06. The Morgan fingerprint density at radius 1 is 1.27 bits per heavy atom. The number of piperidine rings is 1. The van der Waals surface area contributed by atoms with Gasteiger partial charge in [-0.2, -0.15) is 0 Å². The SMILES string of the molecule is COCCCCc1c(C(=O)N(CC(C)C)[C@H]2C[C@@H](C3CO3)CN(C(=O)O)C2)nnn1-c1ccccc1F. The zero-order valence-corrected chi connectivity index (χ0v) is 21.7. The Morgan fingerprint density at radius 2 is 2.03 bits per heavy atom. The first kappa shape index (κ1) is 27.0. The highest BCUT2D eigenvalue weighted by atomic mass is 19.1. The number of aromatic nitrogens is 3. The molecular weight excluding hydrogens is 481 g/mol. The smallest absolute Gasteiger partial charge is 0.407 e. The summed E-state index contributed by atoms with van der Waals surface area (Å²) in [6.45, 7) is 6.27. The van der Waals surface area contributed by atoms with Gasteiger partial charge in [0.05, 0.1) is 24.4 Å². The average Bonchev–Trinajstić information content (AvgIpc) is 3.65. The summed E-state index contributed by atoms with van der Waals surface area (Å²) in [5.41, 5.74) is 0.938. The molecule has 37 heavy (non-hydrogen) atoms. The van der Waals surface area contributed by atoms with Gasteiger partial charge in [0.2, 0.25) is 0 Å². The van der Waals surface area contributed by atoms with Crippen molar-refractivity contribution in [3.63, 3.8) is 0 Å². The maximum absolute atomic E-state index is 14.7. The van der Waals surface area contributed by atoms with Gasteiger partial charge in [0, 0.05) is 39.3 Å². The molecule has 1 aromatic carbocycles. The fraction of sp³-hybridized carbons (Fsp3) is 0.615. The number of unbranched alkanes of at least 4 members (excludes halogenated alkanes) is 1. The van der Waals surface area contributed by atoms with E-state index in [0.717, 1.165) is 6.42 Å². The first-order valence-electron chi connectivity index (χ1n) is 12.9. The molecule has 3 heterocycles. The molecule has 202 valence electrons. The number of carboxylic acid groups (broad SMARTS) is 1. The third-order valence-corrected chi connectivity index (χ3v) is 6.94. The lowest BCUT2D eigenvalue weighted by atomic mass is 9.90. The molecule has 0 saturated carbocycles. The Labute approximate surface area is 216 Å². The summed E-state index contributed by atoms with van der Waals surface area (Å²) in [5, 5.41) is 18.2. The van der Waals surface area contributed by atoms with Crippen LogP contribution in [0.25, 0.3) is 5.69 Å². The molecule has 1 unspecified atom stereocenters. The molecule has 0 radical (unpaired) electrons. The van der Waals surface area contributed by atoms with E-state index in [1.54, 1.807) is 30.2 Å². The Kier molecular flexibility index (Phi) is 8.75. The summed E-state index contributed by atoms with van der Waals surface area (Å²) in [7, 11) is 1.63. The number of carbonyl (C=O) groups excluding carboxylic acids is 1. The van der Waals surface area contributed by atoms with Crippen molar-refractivity contribution in [2.75, 3.05) is 40.0 Å². The highest BCUT2D eigenvalue weighted by Crippen LogP contribution is 2.32. The van der Waals surface area contributed by atoms with Crippen molar-refractivity contribution in [3.05, 3.63) is 41.5 Å². The van der Waals surface area contributed by atoms with Crippen LogP contribution in [0.5, 0.6) is 0 Å². The van der Waals surface area contributed by atoms with Gasteiger partial charge in [-0.1, -0.05) is 31.2 Å². The molecule has 0 bridgehead atoms. The van der Waals surface area contributed by atoms with Crippen molar-refractivity contribution < 1.29 is 28.6 Å². The van der Waals surface area contributed by atoms with E-state index >= 15 is 0 Å². The molecule has 3 atom stereocenters. The third-order valence-electron chi connectivity index (χ3n) is 6.94. The zero-order chi connectivity index (χ0) is 26.5. The molecule has 1 aromatic heterocycles. The third kappa shape index (κ3) is 6.45. The van der Waals surface area contributed by atoms with Crippen molar-refractivity contribution in [2.45, 2.75) is 51.7 Å². The normalized spacial score (nSPS) is 21.3. The molecule has 11 heteroatoms. The monoisotopic (exact) mass is 517 g/mol. The van der Waals surface area contributed by atoms with Gasteiger partial charge < -0.3 is 24.4 Å². The minimum atomic E-state index is -1.00. The van der Waals surface area contributed by atoms with Gasteiger partial charge in [0.15, 0.2) is 5.69 Å². The molecule has 2 fully saturated rings. The number of benzene rings is 1. The highest BCUT2D eigenvalue weighted by Gasteiger charge is 2.43. The number of hydrogen-bond donors (Lipinski definition) is 1. The molecule has 10 nitrogen and oxygen atoms in total. The minimum absolute atomic E-state index is 0.0268. The van der Waals surface area contributed by atoms with Crippen molar-refractivity contribution >= 4 is 12.0 Å². The molecule has 1 N–H and O–H groups in total. The van der Waals surface area contributed by atoms with Crippen molar-refractivity contribution in [1.29, 1.82) is 0 Å². The van der Waals surface area contributed by atoms with Crippen molar-refractivity contribution in [3.8, 4) is 5.69 Å². The van der Waals surface area contributed by atoms with Gasteiger partial charge in [0.1, 0.15) is 11.5 Å². The second kappa shape index (κ2) is 12.0. The van der Waals surface area contributed by atoms with Gasteiger partial charge in [-0.15, -0.1) is 5.10 Å². The van der Waals surface area contributed by atoms with E-state index in [2.05, 4.69) is 10.3 Å². The Hall–Kier alpha value is -3.05. The molecule has 2 aromatic rings. The first-order chi connectivity index (χ1) is 17.8. The van der Waals surface area contributed by atoms with Crippen molar-refractivity contribution in [1.82, 2.24) is 24.8 Å². The van der Waals surface area contributed by atoms with E-state index in [-0.39, 0.29) is 47.8 Å². The quantitative estimate of drug-likeness (QED) is 0.360. The van der Waals surface area contributed by atoms with Crippen LogP contribution in [0.15, 0.2) is 24.3 Å².